The quantitative estimate of drug-likeness (QED) is 0.436. The lowest BCUT2D eigenvalue weighted by molar-refractivity contribution is 0.0932. The van der Waals surface area contributed by atoms with Gasteiger partial charge >= 0.3 is 6.09 Å². The summed E-state index contributed by atoms with van der Waals surface area (Å²) >= 11 is 19.1. The number of hydrogen-bond acceptors (Lipinski definition) is 7. The van der Waals surface area contributed by atoms with Crippen LogP contribution in [-0.4, -0.2) is 64.4 Å². The van der Waals surface area contributed by atoms with Crippen LogP contribution in [0.1, 0.15) is 17.3 Å². The van der Waals surface area contributed by atoms with Gasteiger partial charge in [-0.2, -0.15) is 4.98 Å². The molecule has 2 aliphatic rings. The lowest BCUT2D eigenvalue weighted by atomic mass is 10.1. The Labute approximate surface area is 227 Å². The number of hydrogen-bond donors (Lipinski definition) is 2. The van der Waals surface area contributed by atoms with Gasteiger partial charge in [0.05, 0.1) is 26.4 Å². The summed E-state index contributed by atoms with van der Waals surface area (Å²) in [4.78, 5) is 37.8. The van der Waals surface area contributed by atoms with Crippen molar-refractivity contribution in [2.24, 2.45) is 0 Å². The smallest absolute Gasteiger partial charge is 0.407 e. The predicted octanol–water partition coefficient (Wildman–Crippen LogP) is 5.37. The molecule has 0 radical (unpaired) electrons. The van der Waals surface area contributed by atoms with Crippen LogP contribution in [0.5, 0.6) is 5.88 Å². The molecule has 1 saturated heterocycles. The molecule has 37 heavy (non-hydrogen) atoms. The molecule has 3 aromatic rings. The van der Waals surface area contributed by atoms with E-state index in [2.05, 4.69) is 20.2 Å². The van der Waals surface area contributed by atoms with E-state index in [-0.39, 0.29) is 36.1 Å². The molecule has 5 rings (SSSR count). The standard InChI is InChI=1S/C24H21Cl3N6O4/c1-13-11-31(7-8-32(13)24(35)36)19-6-5-14(9-18(19)27)29-23-28-10-15-21(30-23)37-12-33(22(15)34)20-16(25)3-2-4-17(20)26/h2-6,9-10,13H,7-8,11-12H2,1H3,(H,35,36)(H,28,29,30)/t13-/m0/s1. The number of carbonyl (C=O) groups excluding carboxylic acids is 1. The molecule has 2 N–H and O–H groups in total. The van der Waals surface area contributed by atoms with Crippen molar-refractivity contribution in [3.05, 3.63) is 63.2 Å². The van der Waals surface area contributed by atoms with Crippen molar-refractivity contribution in [1.29, 1.82) is 0 Å². The third kappa shape index (κ3) is 4.92. The number of fused-ring (bicyclic) bond motifs is 1. The maximum Gasteiger partial charge on any atom is 0.407 e. The summed E-state index contributed by atoms with van der Waals surface area (Å²) in [6.45, 7) is 3.23. The molecular weight excluding hydrogens is 543 g/mol. The van der Waals surface area contributed by atoms with E-state index in [0.29, 0.717) is 46.1 Å². The number of para-hydroxylation sites is 1. The Hall–Kier alpha value is -3.47. The Bertz CT molecular complexity index is 1370. The number of rotatable bonds is 4. The van der Waals surface area contributed by atoms with Gasteiger partial charge in [-0.25, -0.2) is 9.78 Å². The number of benzene rings is 2. The summed E-state index contributed by atoms with van der Waals surface area (Å²) in [5, 5.41) is 13.5. The molecule has 0 unspecified atom stereocenters. The first-order valence-corrected chi connectivity index (χ1v) is 12.4. The molecule has 3 heterocycles. The number of ether oxygens (including phenoxy) is 1. The maximum atomic E-state index is 13.1. The Balaban J connectivity index is 1.30. The Kier molecular flexibility index (Phi) is 6.89. The van der Waals surface area contributed by atoms with Crippen molar-refractivity contribution in [3.63, 3.8) is 0 Å². The summed E-state index contributed by atoms with van der Waals surface area (Å²) < 4.78 is 5.73. The van der Waals surface area contributed by atoms with Crippen LogP contribution in [0.3, 0.4) is 0 Å². The van der Waals surface area contributed by atoms with Crippen molar-refractivity contribution in [2.45, 2.75) is 13.0 Å². The van der Waals surface area contributed by atoms with Gasteiger partial charge in [-0.05, 0) is 37.3 Å². The van der Waals surface area contributed by atoms with Gasteiger partial charge in [0.2, 0.25) is 11.8 Å². The average molecular weight is 564 g/mol. The molecule has 10 nitrogen and oxygen atoms in total. The zero-order valence-corrected chi connectivity index (χ0v) is 21.8. The van der Waals surface area contributed by atoms with E-state index in [0.717, 1.165) is 5.69 Å². The normalized spacial score (nSPS) is 17.4. The second kappa shape index (κ2) is 10.1. The highest BCUT2D eigenvalue weighted by molar-refractivity contribution is 6.40. The monoisotopic (exact) mass is 562 g/mol. The van der Waals surface area contributed by atoms with Gasteiger partial charge in [0, 0.05) is 37.6 Å². The molecule has 192 valence electrons. The number of halogens is 3. The van der Waals surface area contributed by atoms with Gasteiger partial charge in [0.1, 0.15) is 5.56 Å². The molecule has 0 saturated carbocycles. The highest BCUT2D eigenvalue weighted by Gasteiger charge is 2.32. The van der Waals surface area contributed by atoms with Crippen molar-refractivity contribution >= 4 is 69.8 Å². The molecular formula is C24H21Cl3N6O4. The van der Waals surface area contributed by atoms with Gasteiger partial charge in [-0.15, -0.1) is 0 Å². The largest absolute Gasteiger partial charge is 0.465 e. The summed E-state index contributed by atoms with van der Waals surface area (Å²) in [7, 11) is 0. The predicted molar refractivity (Wildman–Crippen MR) is 142 cm³/mol. The van der Waals surface area contributed by atoms with Gasteiger partial charge < -0.3 is 25.0 Å². The summed E-state index contributed by atoms with van der Waals surface area (Å²) in [6.07, 6.45) is 0.456. The van der Waals surface area contributed by atoms with Crippen LogP contribution in [-0.2, 0) is 0 Å². The Morgan fingerprint density at radius 3 is 2.57 bits per heavy atom. The highest BCUT2D eigenvalue weighted by Crippen LogP contribution is 2.37. The van der Waals surface area contributed by atoms with Crippen LogP contribution < -0.4 is 19.9 Å². The van der Waals surface area contributed by atoms with Crippen molar-refractivity contribution in [3.8, 4) is 5.88 Å². The first-order valence-electron chi connectivity index (χ1n) is 11.3. The second-order valence-corrected chi connectivity index (χ2v) is 9.77. The van der Waals surface area contributed by atoms with E-state index in [1.165, 1.54) is 16.0 Å². The molecule has 13 heteroatoms. The van der Waals surface area contributed by atoms with E-state index in [1.54, 1.807) is 24.3 Å². The number of carboxylic acid groups (broad SMARTS) is 1. The van der Waals surface area contributed by atoms with Gasteiger partial charge in [-0.1, -0.05) is 40.9 Å². The van der Waals surface area contributed by atoms with Crippen molar-refractivity contribution in [1.82, 2.24) is 14.9 Å². The summed E-state index contributed by atoms with van der Waals surface area (Å²) in [5.74, 6) is -0.0226. The minimum atomic E-state index is -0.922. The number of nitrogens with zero attached hydrogens (tertiary/aromatic N) is 5. The zero-order valence-electron chi connectivity index (χ0n) is 19.5. The average Bonchev–Trinajstić information content (AvgIpc) is 2.85. The highest BCUT2D eigenvalue weighted by atomic mass is 35.5. The van der Waals surface area contributed by atoms with Crippen LogP contribution in [0.25, 0.3) is 0 Å². The van der Waals surface area contributed by atoms with Crippen LogP contribution in [0.4, 0.5) is 27.8 Å². The third-order valence-corrected chi connectivity index (χ3v) is 7.10. The molecule has 1 atom stereocenters. The fourth-order valence-corrected chi connectivity index (χ4v) is 5.26. The second-order valence-electron chi connectivity index (χ2n) is 8.55. The molecule has 1 fully saturated rings. The topological polar surface area (TPSA) is 111 Å². The van der Waals surface area contributed by atoms with Gasteiger partial charge in [-0.3, -0.25) is 9.69 Å². The maximum absolute atomic E-state index is 13.1. The van der Waals surface area contributed by atoms with E-state index in [4.69, 9.17) is 39.5 Å². The number of anilines is 4. The first kappa shape index (κ1) is 25.2. The zero-order chi connectivity index (χ0) is 26.3. The van der Waals surface area contributed by atoms with E-state index < -0.39 is 6.09 Å². The number of nitrogens with one attached hydrogen (secondary N) is 1. The van der Waals surface area contributed by atoms with Crippen molar-refractivity contribution in [2.75, 3.05) is 41.5 Å². The lowest BCUT2D eigenvalue weighted by Gasteiger charge is -2.39. The molecule has 0 aliphatic carbocycles. The minimum Gasteiger partial charge on any atom is -0.465 e. The molecule has 1 aromatic heterocycles. The lowest BCUT2D eigenvalue weighted by Crippen LogP contribution is -2.53. The van der Waals surface area contributed by atoms with Crippen molar-refractivity contribution < 1.29 is 19.4 Å². The Morgan fingerprint density at radius 2 is 1.89 bits per heavy atom. The molecule has 0 bridgehead atoms. The molecule has 2 amide bonds. The van der Waals surface area contributed by atoms with Gasteiger partial charge in [0.15, 0.2) is 6.73 Å². The van der Waals surface area contributed by atoms with Crippen LogP contribution in [0, 0.1) is 0 Å². The number of amides is 2. The fraction of sp³-hybridized carbons (Fsp3) is 0.250. The van der Waals surface area contributed by atoms with Crippen LogP contribution in [0.2, 0.25) is 15.1 Å². The number of carbonyl (C=O) groups is 2. The molecule has 2 aliphatic heterocycles. The Morgan fingerprint density at radius 1 is 1.14 bits per heavy atom. The van der Waals surface area contributed by atoms with Gasteiger partial charge in [0.25, 0.3) is 5.91 Å². The molecule has 2 aromatic carbocycles. The third-order valence-electron chi connectivity index (χ3n) is 6.18. The van der Waals surface area contributed by atoms with E-state index in [9.17, 15) is 14.7 Å². The van der Waals surface area contributed by atoms with E-state index >= 15 is 0 Å². The van der Waals surface area contributed by atoms with Crippen LogP contribution in [0.15, 0.2) is 42.6 Å². The summed E-state index contributed by atoms with van der Waals surface area (Å²) in [6, 6.07) is 10.2. The summed E-state index contributed by atoms with van der Waals surface area (Å²) in [5.41, 5.74) is 1.98. The SMILES string of the molecule is C[C@H]1CN(c2ccc(Nc3ncc4c(n3)OCN(c3c(Cl)cccc3Cl)C4=O)cc2Cl)CCN1C(=O)O. The first-order chi connectivity index (χ1) is 17.7. The number of aromatic nitrogens is 2. The number of piperazine rings is 1. The fourth-order valence-electron chi connectivity index (χ4n) is 4.36. The van der Waals surface area contributed by atoms with Crippen LogP contribution >= 0.6 is 34.8 Å². The molecule has 0 spiro atoms. The minimum absolute atomic E-state index is 0.111. The van der Waals surface area contributed by atoms with E-state index in [1.807, 2.05) is 19.1 Å².